The van der Waals surface area contributed by atoms with Crippen LogP contribution in [0.5, 0.6) is 0 Å². The highest BCUT2D eigenvalue weighted by molar-refractivity contribution is 6.16. The van der Waals surface area contributed by atoms with Crippen LogP contribution in [0.4, 0.5) is 34.1 Å². The van der Waals surface area contributed by atoms with Crippen molar-refractivity contribution in [3.63, 3.8) is 0 Å². The van der Waals surface area contributed by atoms with Gasteiger partial charge in [-0.2, -0.15) is 0 Å². The Kier molecular flexibility index (Phi) is 7.82. The molecule has 0 atom stereocenters. The van der Waals surface area contributed by atoms with E-state index in [1.807, 2.05) is 24.3 Å². The Bertz CT molecular complexity index is 3310. The van der Waals surface area contributed by atoms with Crippen LogP contribution >= 0.6 is 0 Å². The molecule has 10 aromatic carbocycles. The van der Waals surface area contributed by atoms with Crippen molar-refractivity contribution in [3.05, 3.63) is 218 Å². The van der Waals surface area contributed by atoms with E-state index in [-0.39, 0.29) is 0 Å². The van der Waals surface area contributed by atoms with Gasteiger partial charge < -0.3 is 18.6 Å². The van der Waals surface area contributed by atoms with Crippen LogP contribution in [0.2, 0.25) is 0 Å². The Labute approximate surface area is 346 Å². The van der Waals surface area contributed by atoms with Gasteiger partial charge in [0.05, 0.1) is 33.5 Å². The highest BCUT2D eigenvalue weighted by Crippen LogP contribution is 2.47. The lowest BCUT2D eigenvalue weighted by atomic mass is 10.0. The van der Waals surface area contributed by atoms with E-state index in [4.69, 9.17) is 8.83 Å². The second-order valence-electron chi connectivity index (χ2n) is 15.3. The second kappa shape index (κ2) is 13.8. The number of hydrogen-bond donors (Lipinski definition) is 0. The molecule has 4 heteroatoms. The highest BCUT2D eigenvalue weighted by Gasteiger charge is 2.23. The molecular formula is C56H36N2O2. The predicted molar refractivity (Wildman–Crippen MR) is 251 cm³/mol. The van der Waals surface area contributed by atoms with Gasteiger partial charge in [-0.1, -0.05) is 146 Å². The Morgan fingerprint density at radius 2 is 0.583 bits per heavy atom. The minimum absolute atomic E-state index is 0.866. The molecule has 0 spiro atoms. The van der Waals surface area contributed by atoms with Gasteiger partial charge in [-0.25, -0.2) is 0 Å². The maximum absolute atomic E-state index is 6.38. The summed E-state index contributed by atoms with van der Waals surface area (Å²) < 4.78 is 12.8. The summed E-state index contributed by atoms with van der Waals surface area (Å²) in [7, 11) is 0. The number of hydrogen-bond acceptors (Lipinski definition) is 4. The van der Waals surface area contributed by atoms with Gasteiger partial charge in [0.1, 0.15) is 22.3 Å². The molecule has 0 saturated carbocycles. The lowest BCUT2D eigenvalue weighted by Crippen LogP contribution is -2.11. The zero-order valence-corrected chi connectivity index (χ0v) is 32.5. The molecular weight excluding hydrogens is 733 g/mol. The predicted octanol–water partition coefficient (Wildman–Crippen LogP) is 16.4. The third-order valence-corrected chi connectivity index (χ3v) is 11.8. The van der Waals surface area contributed by atoms with E-state index in [1.165, 1.54) is 21.5 Å². The van der Waals surface area contributed by atoms with Gasteiger partial charge in [0.2, 0.25) is 0 Å². The van der Waals surface area contributed by atoms with E-state index >= 15 is 0 Å². The molecule has 0 amide bonds. The van der Waals surface area contributed by atoms with E-state index in [1.54, 1.807) is 0 Å². The smallest absolute Gasteiger partial charge is 0.137 e. The van der Waals surface area contributed by atoms with Gasteiger partial charge in [0.25, 0.3) is 0 Å². The lowest BCUT2D eigenvalue weighted by Gasteiger charge is -2.28. The Balaban J connectivity index is 0.980. The molecule has 0 aliphatic carbocycles. The van der Waals surface area contributed by atoms with Crippen LogP contribution in [-0.4, -0.2) is 0 Å². The van der Waals surface area contributed by atoms with E-state index in [2.05, 4.69) is 204 Å². The molecule has 2 heterocycles. The van der Waals surface area contributed by atoms with Crippen molar-refractivity contribution >= 4 is 99.5 Å². The first-order chi connectivity index (χ1) is 29.8. The normalized spacial score (nSPS) is 11.7. The Morgan fingerprint density at radius 3 is 1.03 bits per heavy atom. The van der Waals surface area contributed by atoms with Gasteiger partial charge in [-0.3, -0.25) is 0 Å². The van der Waals surface area contributed by atoms with Crippen molar-refractivity contribution < 1.29 is 8.83 Å². The topological polar surface area (TPSA) is 32.8 Å². The maximum Gasteiger partial charge on any atom is 0.137 e. The molecule has 0 bridgehead atoms. The summed E-state index contributed by atoms with van der Waals surface area (Å²) in [5.41, 5.74) is 12.2. The average Bonchev–Trinajstić information content (AvgIpc) is 3.89. The minimum Gasteiger partial charge on any atom is -0.456 e. The van der Waals surface area contributed by atoms with Gasteiger partial charge in [0.15, 0.2) is 0 Å². The van der Waals surface area contributed by atoms with Crippen LogP contribution in [0.3, 0.4) is 0 Å². The molecule has 0 aliphatic heterocycles. The second-order valence-corrected chi connectivity index (χ2v) is 15.3. The number of benzene rings is 10. The summed E-state index contributed by atoms with van der Waals surface area (Å²) in [6, 6.07) is 77.5. The van der Waals surface area contributed by atoms with Gasteiger partial charge >= 0.3 is 0 Å². The third kappa shape index (κ3) is 5.46. The standard InChI is InChI=1S/C56H36N2O2/c1-3-17-43-39(13-1)15-9-21-47(43)57(49-23-11-27-53-55(49)45-19-5-7-25-51(45)59-53)41-33-29-37(30-34-41)38-31-35-42(36-32-38)58(48-22-10-16-40-14-2-4-18-44(40)48)50-24-12-28-54-56(50)46-20-6-8-26-52(46)60-54/h1-36H. The van der Waals surface area contributed by atoms with Crippen LogP contribution in [0.25, 0.3) is 76.5 Å². The largest absolute Gasteiger partial charge is 0.456 e. The third-order valence-electron chi connectivity index (χ3n) is 11.8. The molecule has 0 unspecified atom stereocenters. The van der Waals surface area contributed by atoms with E-state index in [0.717, 1.165) is 89.1 Å². The summed E-state index contributed by atoms with van der Waals surface area (Å²) in [5.74, 6) is 0. The fourth-order valence-corrected chi connectivity index (χ4v) is 9.11. The van der Waals surface area contributed by atoms with Crippen LogP contribution in [0.1, 0.15) is 0 Å². The van der Waals surface area contributed by atoms with Crippen molar-refractivity contribution in [2.75, 3.05) is 9.80 Å². The van der Waals surface area contributed by atoms with Crippen molar-refractivity contribution in [3.8, 4) is 11.1 Å². The first kappa shape index (κ1) is 34.0. The maximum atomic E-state index is 6.38. The van der Waals surface area contributed by atoms with Crippen LogP contribution < -0.4 is 9.80 Å². The van der Waals surface area contributed by atoms with Crippen LogP contribution in [-0.2, 0) is 0 Å². The lowest BCUT2D eigenvalue weighted by molar-refractivity contribution is 0.668. The molecule has 60 heavy (non-hydrogen) atoms. The van der Waals surface area contributed by atoms with Gasteiger partial charge in [0, 0.05) is 32.9 Å². The van der Waals surface area contributed by atoms with Crippen LogP contribution in [0.15, 0.2) is 227 Å². The number of anilines is 6. The van der Waals surface area contributed by atoms with E-state index < -0.39 is 0 Å². The SMILES string of the molecule is c1ccc2c(N(c3ccc(-c4ccc(N(c5cccc6ccccc56)c5cccc6oc7ccccc7c56)cc4)cc3)c3cccc4oc5ccccc5c34)cccc2c1. The monoisotopic (exact) mass is 768 g/mol. The first-order valence-electron chi connectivity index (χ1n) is 20.3. The zero-order valence-electron chi connectivity index (χ0n) is 32.5. The van der Waals surface area contributed by atoms with E-state index in [9.17, 15) is 0 Å². The number of fused-ring (bicyclic) bond motifs is 8. The van der Waals surface area contributed by atoms with Crippen molar-refractivity contribution in [1.29, 1.82) is 0 Å². The summed E-state index contributed by atoms with van der Waals surface area (Å²) in [6.45, 7) is 0. The van der Waals surface area contributed by atoms with Crippen molar-refractivity contribution in [2.24, 2.45) is 0 Å². The molecule has 12 aromatic rings. The average molecular weight is 769 g/mol. The Hall–Kier alpha value is -8.08. The molecule has 0 saturated heterocycles. The summed E-state index contributed by atoms with van der Waals surface area (Å²) in [5, 5.41) is 9.12. The first-order valence-corrected chi connectivity index (χ1v) is 20.3. The molecule has 4 nitrogen and oxygen atoms in total. The van der Waals surface area contributed by atoms with Gasteiger partial charge in [-0.05, 0) is 94.7 Å². The minimum atomic E-state index is 0.866. The molecule has 2 aromatic heterocycles. The fraction of sp³-hybridized carbons (Fsp3) is 0. The molecule has 282 valence electrons. The zero-order chi connectivity index (χ0) is 39.6. The number of nitrogens with zero attached hydrogens (tertiary/aromatic N) is 2. The summed E-state index contributed by atoms with van der Waals surface area (Å²) in [4.78, 5) is 4.75. The molecule has 12 rings (SSSR count). The number of furan rings is 2. The molecule has 0 radical (unpaired) electrons. The fourth-order valence-electron chi connectivity index (χ4n) is 9.11. The number of para-hydroxylation sites is 2. The summed E-state index contributed by atoms with van der Waals surface area (Å²) >= 11 is 0. The quantitative estimate of drug-likeness (QED) is 0.162. The molecule has 0 aliphatic rings. The molecule has 0 N–H and O–H groups in total. The van der Waals surface area contributed by atoms with Crippen molar-refractivity contribution in [1.82, 2.24) is 0 Å². The van der Waals surface area contributed by atoms with Crippen LogP contribution in [0, 0.1) is 0 Å². The molecule has 0 fully saturated rings. The summed E-state index contributed by atoms with van der Waals surface area (Å²) in [6.07, 6.45) is 0. The number of rotatable bonds is 7. The highest BCUT2D eigenvalue weighted by atomic mass is 16.3. The Morgan fingerprint density at radius 1 is 0.250 bits per heavy atom. The van der Waals surface area contributed by atoms with E-state index in [0.29, 0.717) is 0 Å². The van der Waals surface area contributed by atoms with Gasteiger partial charge in [-0.15, -0.1) is 0 Å². The van der Waals surface area contributed by atoms with Crippen molar-refractivity contribution in [2.45, 2.75) is 0 Å².